The molecular formula is C15H23N3O3. The lowest BCUT2D eigenvalue weighted by Gasteiger charge is -2.18. The van der Waals surface area contributed by atoms with Gasteiger partial charge < -0.3 is 10.1 Å². The standard InChI is InChI=1S/C15H23N3O3/c1-3-16-15-5-4-14(18(19)20)8-13(15)10-17-7-6-12(9-17)11-21-2/h4-5,8,12,16H,3,6-7,9-11H2,1-2H3. The van der Waals surface area contributed by atoms with Gasteiger partial charge in [0.05, 0.1) is 11.5 Å². The number of anilines is 1. The molecule has 0 bridgehead atoms. The SMILES string of the molecule is CCNc1ccc([N+](=O)[O-])cc1CN1CCC(COC)C1. The molecule has 1 heterocycles. The average Bonchev–Trinajstić information content (AvgIpc) is 2.88. The Morgan fingerprint density at radius 2 is 2.33 bits per heavy atom. The molecule has 1 aromatic carbocycles. The molecule has 0 aliphatic carbocycles. The van der Waals surface area contributed by atoms with E-state index in [0.29, 0.717) is 5.92 Å². The predicted octanol–water partition coefficient (Wildman–Crippen LogP) is 2.49. The van der Waals surface area contributed by atoms with Crippen LogP contribution in [-0.2, 0) is 11.3 Å². The number of benzene rings is 1. The summed E-state index contributed by atoms with van der Waals surface area (Å²) < 4.78 is 5.21. The molecule has 1 atom stereocenters. The lowest BCUT2D eigenvalue weighted by molar-refractivity contribution is -0.384. The van der Waals surface area contributed by atoms with Crippen molar-refractivity contribution in [1.29, 1.82) is 0 Å². The monoisotopic (exact) mass is 293 g/mol. The van der Waals surface area contributed by atoms with Gasteiger partial charge in [0.15, 0.2) is 0 Å². The van der Waals surface area contributed by atoms with Gasteiger partial charge in [0.2, 0.25) is 0 Å². The minimum Gasteiger partial charge on any atom is -0.385 e. The largest absolute Gasteiger partial charge is 0.385 e. The minimum absolute atomic E-state index is 0.152. The zero-order valence-corrected chi connectivity index (χ0v) is 12.7. The second-order valence-electron chi connectivity index (χ2n) is 5.47. The molecule has 0 amide bonds. The maximum atomic E-state index is 11.0. The van der Waals surface area contributed by atoms with E-state index in [2.05, 4.69) is 10.2 Å². The van der Waals surface area contributed by atoms with Gasteiger partial charge in [0.25, 0.3) is 5.69 Å². The van der Waals surface area contributed by atoms with Crippen molar-refractivity contribution < 1.29 is 9.66 Å². The predicted molar refractivity (Wildman–Crippen MR) is 82.5 cm³/mol. The Balaban J connectivity index is 2.10. The van der Waals surface area contributed by atoms with Crippen LogP contribution in [0.4, 0.5) is 11.4 Å². The number of ether oxygens (including phenoxy) is 1. The fourth-order valence-corrected chi connectivity index (χ4v) is 2.86. The van der Waals surface area contributed by atoms with E-state index in [-0.39, 0.29) is 10.6 Å². The third-order valence-corrected chi connectivity index (χ3v) is 3.83. The third kappa shape index (κ3) is 4.15. The fourth-order valence-electron chi connectivity index (χ4n) is 2.86. The van der Waals surface area contributed by atoms with Crippen LogP contribution >= 0.6 is 0 Å². The number of nitro groups is 1. The van der Waals surface area contributed by atoms with Crippen LogP contribution in [0.1, 0.15) is 18.9 Å². The molecule has 1 aliphatic rings. The van der Waals surface area contributed by atoms with Crippen LogP contribution in [-0.4, -0.2) is 43.2 Å². The second-order valence-corrected chi connectivity index (χ2v) is 5.47. The Morgan fingerprint density at radius 3 is 3.00 bits per heavy atom. The van der Waals surface area contributed by atoms with E-state index in [1.165, 1.54) is 0 Å². The molecule has 0 saturated carbocycles. The zero-order valence-electron chi connectivity index (χ0n) is 12.7. The van der Waals surface area contributed by atoms with Crippen LogP contribution in [0, 0.1) is 16.0 Å². The van der Waals surface area contributed by atoms with E-state index in [4.69, 9.17) is 4.74 Å². The first-order chi connectivity index (χ1) is 10.1. The smallest absolute Gasteiger partial charge is 0.269 e. The Labute approximate surface area is 125 Å². The van der Waals surface area contributed by atoms with Crippen molar-refractivity contribution in [2.24, 2.45) is 5.92 Å². The van der Waals surface area contributed by atoms with Crippen molar-refractivity contribution in [2.45, 2.75) is 19.9 Å². The molecule has 1 saturated heterocycles. The van der Waals surface area contributed by atoms with Gasteiger partial charge in [-0.25, -0.2) is 0 Å². The number of non-ortho nitro benzene ring substituents is 1. The van der Waals surface area contributed by atoms with Crippen molar-refractivity contribution in [1.82, 2.24) is 4.90 Å². The highest BCUT2D eigenvalue weighted by Gasteiger charge is 2.23. The Morgan fingerprint density at radius 1 is 1.52 bits per heavy atom. The highest BCUT2D eigenvalue weighted by molar-refractivity contribution is 5.56. The lowest BCUT2D eigenvalue weighted by atomic mass is 10.1. The highest BCUT2D eigenvalue weighted by atomic mass is 16.6. The molecule has 6 nitrogen and oxygen atoms in total. The van der Waals surface area contributed by atoms with Crippen molar-refractivity contribution in [3.05, 3.63) is 33.9 Å². The summed E-state index contributed by atoms with van der Waals surface area (Å²) in [5, 5.41) is 14.2. The van der Waals surface area contributed by atoms with Gasteiger partial charge in [-0.3, -0.25) is 15.0 Å². The summed E-state index contributed by atoms with van der Waals surface area (Å²) in [6.07, 6.45) is 1.12. The van der Waals surface area contributed by atoms with Crippen LogP contribution in [0.3, 0.4) is 0 Å². The lowest BCUT2D eigenvalue weighted by Crippen LogP contribution is -2.22. The van der Waals surface area contributed by atoms with Crippen LogP contribution < -0.4 is 5.32 Å². The maximum Gasteiger partial charge on any atom is 0.269 e. The molecular weight excluding hydrogens is 270 g/mol. The summed E-state index contributed by atoms with van der Waals surface area (Å²) in [6, 6.07) is 5.04. The van der Waals surface area contributed by atoms with Gasteiger partial charge in [-0.2, -0.15) is 0 Å². The van der Waals surface area contributed by atoms with Crippen molar-refractivity contribution in [2.75, 3.05) is 38.7 Å². The highest BCUT2D eigenvalue weighted by Crippen LogP contribution is 2.26. The van der Waals surface area contributed by atoms with Crippen molar-refractivity contribution >= 4 is 11.4 Å². The maximum absolute atomic E-state index is 11.0. The number of nitrogens with one attached hydrogen (secondary N) is 1. The van der Waals surface area contributed by atoms with Crippen LogP contribution in [0.5, 0.6) is 0 Å². The van der Waals surface area contributed by atoms with E-state index in [1.807, 2.05) is 6.92 Å². The first kappa shape index (κ1) is 15.7. The molecule has 6 heteroatoms. The van der Waals surface area contributed by atoms with Gasteiger partial charge >= 0.3 is 0 Å². The topological polar surface area (TPSA) is 67.6 Å². The molecule has 0 radical (unpaired) electrons. The normalized spacial score (nSPS) is 18.9. The zero-order chi connectivity index (χ0) is 15.2. The van der Waals surface area contributed by atoms with E-state index < -0.39 is 0 Å². The van der Waals surface area contributed by atoms with Gasteiger partial charge in [-0.15, -0.1) is 0 Å². The first-order valence-corrected chi connectivity index (χ1v) is 7.36. The molecule has 0 spiro atoms. The van der Waals surface area contributed by atoms with Crippen molar-refractivity contribution in [3.63, 3.8) is 0 Å². The van der Waals surface area contributed by atoms with Crippen LogP contribution in [0.25, 0.3) is 0 Å². The molecule has 21 heavy (non-hydrogen) atoms. The number of nitro benzene ring substituents is 1. The molecule has 1 aromatic rings. The molecule has 116 valence electrons. The Hall–Kier alpha value is -1.66. The Kier molecular flexibility index (Phi) is 5.52. The van der Waals surface area contributed by atoms with Gasteiger partial charge in [-0.05, 0) is 37.4 Å². The molecule has 0 aromatic heterocycles. The number of methoxy groups -OCH3 is 1. The van der Waals surface area contributed by atoms with Crippen LogP contribution in [0.15, 0.2) is 18.2 Å². The quantitative estimate of drug-likeness (QED) is 0.618. The van der Waals surface area contributed by atoms with E-state index in [0.717, 1.165) is 50.5 Å². The summed E-state index contributed by atoms with van der Waals surface area (Å²) in [7, 11) is 1.73. The number of hydrogen-bond donors (Lipinski definition) is 1. The summed E-state index contributed by atoms with van der Waals surface area (Å²) >= 11 is 0. The Bertz CT molecular complexity index is 493. The van der Waals surface area contributed by atoms with Crippen molar-refractivity contribution in [3.8, 4) is 0 Å². The third-order valence-electron chi connectivity index (χ3n) is 3.83. The van der Waals surface area contributed by atoms with E-state index in [1.54, 1.807) is 25.3 Å². The molecule has 1 fully saturated rings. The minimum atomic E-state index is -0.336. The molecule has 1 unspecified atom stereocenters. The summed E-state index contributed by atoms with van der Waals surface area (Å²) in [4.78, 5) is 13.0. The van der Waals surface area contributed by atoms with Crippen LogP contribution in [0.2, 0.25) is 0 Å². The van der Waals surface area contributed by atoms with Gasteiger partial charge in [0, 0.05) is 44.6 Å². The second kappa shape index (κ2) is 7.38. The summed E-state index contributed by atoms with van der Waals surface area (Å²) in [5.74, 6) is 0.566. The van der Waals surface area contributed by atoms with E-state index in [9.17, 15) is 10.1 Å². The first-order valence-electron chi connectivity index (χ1n) is 7.36. The molecule has 1 N–H and O–H groups in total. The fraction of sp³-hybridized carbons (Fsp3) is 0.600. The summed E-state index contributed by atoms with van der Waals surface area (Å²) in [5.41, 5.74) is 2.13. The van der Waals surface area contributed by atoms with E-state index >= 15 is 0 Å². The van der Waals surface area contributed by atoms with Gasteiger partial charge in [0.1, 0.15) is 0 Å². The number of hydrogen-bond acceptors (Lipinski definition) is 5. The number of likely N-dealkylation sites (tertiary alicyclic amines) is 1. The number of rotatable bonds is 7. The molecule has 1 aliphatic heterocycles. The number of nitrogens with zero attached hydrogens (tertiary/aromatic N) is 2. The summed E-state index contributed by atoms with van der Waals surface area (Å²) in [6.45, 7) is 6.35. The van der Waals surface area contributed by atoms with Gasteiger partial charge in [-0.1, -0.05) is 0 Å². The molecule has 2 rings (SSSR count). The average molecular weight is 293 g/mol.